The molecule has 3 heteroatoms. The Morgan fingerprint density at radius 3 is 2.65 bits per heavy atom. The van der Waals surface area contributed by atoms with Crippen LogP contribution in [0.15, 0.2) is 12.2 Å². The normalized spacial score (nSPS) is 56.0. The summed E-state index contributed by atoms with van der Waals surface area (Å²) in [6.07, 6.45) is 5.85. The number of Topliss-reactive ketones (excluding diaryl/α,β-unsaturated/α-hetero) is 1. The van der Waals surface area contributed by atoms with Gasteiger partial charge in [0.2, 0.25) is 0 Å². The summed E-state index contributed by atoms with van der Waals surface area (Å²) in [7, 11) is 0. The number of carbonyl (C=O) groups is 1. The first-order valence-electron chi connectivity index (χ1n) is 9.36. The van der Waals surface area contributed by atoms with E-state index in [9.17, 15) is 15.0 Å². The zero-order valence-electron chi connectivity index (χ0n) is 14.4. The van der Waals surface area contributed by atoms with Gasteiger partial charge in [-0.3, -0.25) is 4.79 Å². The second-order valence-electron chi connectivity index (χ2n) is 9.33. The molecule has 0 aromatic carbocycles. The molecule has 4 aliphatic rings. The molecule has 0 unspecified atom stereocenters. The predicted molar refractivity (Wildman–Crippen MR) is 88.7 cm³/mol. The fourth-order valence-electron chi connectivity index (χ4n) is 7.11. The number of aliphatic hydroxyl groups is 2. The van der Waals surface area contributed by atoms with Crippen molar-refractivity contribution in [2.24, 2.45) is 34.5 Å². The molecule has 0 spiro atoms. The fraction of sp³-hybridized carbons (Fsp3) is 0.850. The quantitative estimate of drug-likeness (QED) is 0.675. The molecule has 4 aliphatic carbocycles. The van der Waals surface area contributed by atoms with E-state index >= 15 is 0 Å². The SMILES string of the molecule is C=C1C[C@H]2[C@@H]3CC[C@@H]4C[C@H](O)CC[C@]4(C)[C@H]3[C@@H](O)C[C@]2(C)C1=O. The van der Waals surface area contributed by atoms with Gasteiger partial charge in [0, 0.05) is 5.41 Å². The van der Waals surface area contributed by atoms with E-state index in [0.717, 1.165) is 44.1 Å². The van der Waals surface area contributed by atoms with Gasteiger partial charge in [0.25, 0.3) is 0 Å². The molecule has 4 saturated carbocycles. The van der Waals surface area contributed by atoms with Gasteiger partial charge in [0.05, 0.1) is 12.2 Å². The van der Waals surface area contributed by atoms with Crippen LogP contribution in [0.1, 0.15) is 58.8 Å². The first-order chi connectivity index (χ1) is 10.8. The lowest BCUT2D eigenvalue weighted by Crippen LogP contribution is -2.59. The van der Waals surface area contributed by atoms with Crippen LogP contribution in [0, 0.1) is 34.5 Å². The van der Waals surface area contributed by atoms with E-state index in [0.29, 0.717) is 24.2 Å². The summed E-state index contributed by atoms with van der Waals surface area (Å²) >= 11 is 0. The number of carbonyl (C=O) groups excluding carboxylic acids is 1. The Labute approximate surface area is 139 Å². The second kappa shape index (κ2) is 4.92. The molecule has 0 amide bonds. The van der Waals surface area contributed by atoms with E-state index in [4.69, 9.17) is 0 Å². The molecule has 3 nitrogen and oxygen atoms in total. The lowest BCUT2D eigenvalue weighted by molar-refractivity contribution is -0.175. The summed E-state index contributed by atoms with van der Waals surface area (Å²) < 4.78 is 0. The summed E-state index contributed by atoms with van der Waals surface area (Å²) in [5.74, 6) is 1.80. The van der Waals surface area contributed by atoms with Gasteiger partial charge in [-0.1, -0.05) is 20.4 Å². The summed E-state index contributed by atoms with van der Waals surface area (Å²) in [5, 5.41) is 21.1. The first kappa shape index (κ1) is 15.8. The van der Waals surface area contributed by atoms with Gasteiger partial charge in [-0.05, 0) is 79.6 Å². The maximum atomic E-state index is 12.6. The van der Waals surface area contributed by atoms with E-state index in [1.807, 2.05) is 0 Å². The van der Waals surface area contributed by atoms with E-state index < -0.39 is 5.41 Å². The Balaban J connectivity index is 1.71. The van der Waals surface area contributed by atoms with Gasteiger partial charge in [0.1, 0.15) is 0 Å². The minimum Gasteiger partial charge on any atom is -0.393 e. The third-order valence-corrected chi connectivity index (χ3v) is 8.27. The molecule has 0 radical (unpaired) electrons. The highest BCUT2D eigenvalue weighted by molar-refractivity contribution is 6.02. The average molecular weight is 318 g/mol. The number of aliphatic hydroxyl groups excluding tert-OH is 2. The number of hydrogen-bond donors (Lipinski definition) is 2. The van der Waals surface area contributed by atoms with Crippen molar-refractivity contribution in [2.75, 3.05) is 0 Å². The average Bonchev–Trinajstić information content (AvgIpc) is 2.71. The lowest BCUT2D eigenvalue weighted by Gasteiger charge is -2.61. The fourth-order valence-corrected chi connectivity index (χ4v) is 7.11. The summed E-state index contributed by atoms with van der Waals surface area (Å²) in [6.45, 7) is 8.42. The summed E-state index contributed by atoms with van der Waals surface area (Å²) in [4.78, 5) is 12.6. The largest absolute Gasteiger partial charge is 0.393 e. The topological polar surface area (TPSA) is 57.5 Å². The van der Waals surface area contributed by atoms with Gasteiger partial charge in [-0.2, -0.15) is 0 Å². The highest BCUT2D eigenvalue weighted by Crippen LogP contribution is 2.65. The zero-order valence-corrected chi connectivity index (χ0v) is 14.4. The highest BCUT2D eigenvalue weighted by Gasteiger charge is 2.63. The molecule has 8 atom stereocenters. The number of allylic oxidation sites excluding steroid dienone is 1. The van der Waals surface area contributed by atoms with Gasteiger partial charge >= 0.3 is 0 Å². The number of rotatable bonds is 0. The van der Waals surface area contributed by atoms with Crippen molar-refractivity contribution in [1.29, 1.82) is 0 Å². The van der Waals surface area contributed by atoms with Crippen LogP contribution in [0.4, 0.5) is 0 Å². The summed E-state index contributed by atoms with van der Waals surface area (Å²) in [6, 6.07) is 0. The van der Waals surface area contributed by atoms with Crippen molar-refractivity contribution in [1.82, 2.24) is 0 Å². The maximum Gasteiger partial charge on any atom is 0.164 e. The third kappa shape index (κ3) is 1.99. The van der Waals surface area contributed by atoms with Crippen LogP contribution < -0.4 is 0 Å². The van der Waals surface area contributed by atoms with Crippen LogP contribution >= 0.6 is 0 Å². The molecule has 2 N–H and O–H groups in total. The minimum atomic E-state index is -0.394. The number of ketones is 1. The molecule has 0 aromatic rings. The predicted octanol–water partition coefficient (Wildman–Crippen LogP) is 3.10. The molecule has 0 bridgehead atoms. The van der Waals surface area contributed by atoms with Crippen LogP contribution in [0.5, 0.6) is 0 Å². The van der Waals surface area contributed by atoms with E-state index in [2.05, 4.69) is 20.4 Å². The van der Waals surface area contributed by atoms with Crippen molar-refractivity contribution in [2.45, 2.75) is 71.0 Å². The Morgan fingerprint density at radius 1 is 1.17 bits per heavy atom. The molecule has 0 aromatic heterocycles. The monoisotopic (exact) mass is 318 g/mol. The standard InChI is InChI=1S/C20H30O3/c1-11-8-15-14-5-4-12-9-13(21)6-7-19(12,2)17(14)16(22)10-20(15,3)18(11)23/h12-17,21-22H,1,4-10H2,2-3H3/t12-,13-,14+,15+,16+,17-,19+,20+/m1/s1. The first-order valence-corrected chi connectivity index (χ1v) is 9.36. The van der Waals surface area contributed by atoms with Crippen molar-refractivity contribution >= 4 is 5.78 Å². The van der Waals surface area contributed by atoms with E-state index in [-0.39, 0.29) is 29.3 Å². The zero-order chi connectivity index (χ0) is 16.6. The van der Waals surface area contributed by atoms with Crippen molar-refractivity contribution < 1.29 is 15.0 Å². The van der Waals surface area contributed by atoms with Gasteiger partial charge in [0.15, 0.2) is 5.78 Å². The Bertz CT molecular complexity index is 555. The van der Waals surface area contributed by atoms with Crippen LogP contribution in [0.2, 0.25) is 0 Å². The van der Waals surface area contributed by atoms with Gasteiger partial charge in [-0.25, -0.2) is 0 Å². The second-order valence-corrected chi connectivity index (χ2v) is 9.33. The molecule has 0 heterocycles. The Morgan fingerprint density at radius 2 is 1.91 bits per heavy atom. The van der Waals surface area contributed by atoms with Crippen LogP contribution in [0.25, 0.3) is 0 Å². The number of hydrogen-bond acceptors (Lipinski definition) is 3. The van der Waals surface area contributed by atoms with Crippen LogP contribution in [-0.4, -0.2) is 28.2 Å². The number of fused-ring (bicyclic) bond motifs is 5. The molecule has 4 fully saturated rings. The molecular weight excluding hydrogens is 288 g/mol. The van der Waals surface area contributed by atoms with Crippen molar-refractivity contribution in [3.05, 3.63) is 12.2 Å². The molecule has 0 saturated heterocycles. The minimum absolute atomic E-state index is 0.121. The van der Waals surface area contributed by atoms with Crippen LogP contribution in [0.3, 0.4) is 0 Å². The van der Waals surface area contributed by atoms with E-state index in [1.54, 1.807) is 0 Å². The highest BCUT2D eigenvalue weighted by atomic mass is 16.3. The van der Waals surface area contributed by atoms with Crippen molar-refractivity contribution in [3.63, 3.8) is 0 Å². The maximum absolute atomic E-state index is 12.6. The molecular formula is C20H30O3. The lowest BCUT2D eigenvalue weighted by atomic mass is 9.44. The van der Waals surface area contributed by atoms with Gasteiger partial charge < -0.3 is 10.2 Å². The van der Waals surface area contributed by atoms with Crippen LogP contribution in [-0.2, 0) is 4.79 Å². The third-order valence-electron chi connectivity index (χ3n) is 8.27. The molecule has 23 heavy (non-hydrogen) atoms. The van der Waals surface area contributed by atoms with Gasteiger partial charge in [-0.15, -0.1) is 0 Å². The van der Waals surface area contributed by atoms with E-state index in [1.165, 1.54) is 0 Å². The molecule has 128 valence electrons. The Hall–Kier alpha value is -0.670. The smallest absolute Gasteiger partial charge is 0.164 e. The summed E-state index contributed by atoms with van der Waals surface area (Å²) in [5.41, 5.74) is 0.502. The molecule has 4 rings (SSSR count). The molecule has 0 aliphatic heterocycles. The Kier molecular flexibility index (Phi) is 3.39. The van der Waals surface area contributed by atoms with Crippen molar-refractivity contribution in [3.8, 4) is 0 Å².